The third-order valence-electron chi connectivity index (χ3n) is 3.52. The number of rotatable bonds is 3. The molecule has 0 amide bonds. The Morgan fingerprint density at radius 1 is 1.26 bits per heavy atom. The predicted molar refractivity (Wildman–Crippen MR) is 76.8 cm³/mol. The molecule has 0 spiro atoms. The maximum Gasteiger partial charge on any atom is 0.169 e. The highest BCUT2D eigenvalue weighted by atomic mass is 79.9. The minimum Gasteiger partial charge on any atom is -0.453 e. The van der Waals surface area contributed by atoms with E-state index in [0.717, 1.165) is 25.2 Å². The van der Waals surface area contributed by atoms with Gasteiger partial charge in [-0.3, -0.25) is 0 Å². The molecule has 0 saturated heterocycles. The summed E-state index contributed by atoms with van der Waals surface area (Å²) in [6, 6.07) is 12.0. The van der Waals surface area contributed by atoms with E-state index in [1.807, 2.05) is 12.1 Å². The molecule has 3 rings (SSSR count). The van der Waals surface area contributed by atoms with Crippen molar-refractivity contribution in [1.29, 1.82) is 0 Å². The number of benzene rings is 1. The Morgan fingerprint density at radius 2 is 2.11 bits per heavy atom. The van der Waals surface area contributed by atoms with Crippen LogP contribution in [0.25, 0.3) is 0 Å². The third kappa shape index (κ3) is 2.76. The highest BCUT2D eigenvalue weighted by Gasteiger charge is 2.24. The van der Waals surface area contributed by atoms with Crippen molar-refractivity contribution in [1.82, 2.24) is 0 Å². The van der Waals surface area contributed by atoms with Crippen molar-refractivity contribution >= 4 is 15.9 Å². The van der Waals surface area contributed by atoms with Gasteiger partial charge >= 0.3 is 0 Å². The lowest BCUT2D eigenvalue weighted by molar-refractivity contribution is 0.0306. The van der Waals surface area contributed by atoms with Crippen LogP contribution in [0.3, 0.4) is 0 Å². The van der Waals surface area contributed by atoms with Gasteiger partial charge in [-0.1, -0.05) is 24.3 Å². The van der Waals surface area contributed by atoms with Gasteiger partial charge in [0.05, 0.1) is 18.8 Å². The summed E-state index contributed by atoms with van der Waals surface area (Å²) < 4.78 is 12.1. The fourth-order valence-electron chi connectivity index (χ4n) is 2.55. The van der Waals surface area contributed by atoms with Crippen LogP contribution in [-0.2, 0) is 11.2 Å². The molecule has 4 heteroatoms. The van der Waals surface area contributed by atoms with Crippen LogP contribution in [0.15, 0.2) is 45.5 Å². The number of ether oxygens (including phenoxy) is 1. The van der Waals surface area contributed by atoms with Crippen LogP contribution in [0.5, 0.6) is 0 Å². The number of nitrogens with two attached hydrogens (primary N) is 1. The van der Waals surface area contributed by atoms with Crippen molar-refractivity contribution in [3.05, 3.63) is 58.0 Å². The zero-order chi connectivity index (χ0) is 13.2. The average molecular weight is 322 g/mol. The van der Waals surface area contributed by atoms with E-state index in [-0.39, 0.29) is 12.1 Å². The van der Waals surface area contributed by atoms with Gasteiger partial charge in [0.15, 0.2) is 4.67 Å². The van der Waals surface area contributed by atoms with Crippen LogP contribution >= 0.6 is 15.9 Å². The maximum atomic E-state index is 6.20. The lowest BCUT2D eigenvalue weighted by atomic mass is 9.93. The highest BCUT2D eigenvalue weighted by molar-refractivity contribution is 9.10. The second-order valence-electron chi connectivity index (χ2n) is 4.79. The third-order valence-corrected chi connectivity index (χ3v) is 3.95. The van der Waals surface area contributed by atoms with E-state index in [9.17, 15) is 0 Å². The Morgan fingerprint density at radius 3 is 2.89 bits per heavy atom. The SMILES string of the molecule is NC(CC1OCCc2ccccc21)c1ccc(Br)o1. The van der Waals surface area contributed by atoms with E-state index in [0.29, 0.717) is 4.67 Å². The summed E-state index contributed by atoms with van der Waals surface area (Å²) in [5.41, 5.74) is 8.83. The molecule has 0 fully saturated rings. The Labute approximate surface area is 120 Å². The van der Waals surface area contributed by atoms with Crippen molar-refractivity contribution in [3.8, 4) is 0 Å². The van der Waals surface area contributed by atoms with E-state index < -0.39 is 0 Å². The second-order valence-corrected chi connectivity index (χ2v) is 5.57. The number of halogens is 1. The molecule has 0 aliphatic carbocycles. The molecule has 1 aromatic heterocycles. The van der Waals surface area contributed by atoms with Gasteiger partial charge in [-0.25, -0.2) is 0 Å². The largest absolute Gasteiger partial charge is 0.453 e. The Kier molecular flexibility index (Phi) is 3.73. The number of furan rings is 1. The van der Waals surface area contributed by atoms with Crippen LogP contribution in [-0.4, -0.2) is 6.61 Å². The van der Waals surface area contributed by atoms with Crippen molar-refractivity contribution in [3.63, 3.8) is 0 Å². The highest BCUT2D eigenvalue weighted by Crippen LogP contribution is 2.34. The first-order valence-electron chi connectivity index (χ1n) is 6.44. The fourth-order valence-corrected chi connectivity index (χ4v) is 2.87. The fraction of sp³-hybridized carbons (Fsp3) is 0.333. The monoisotopic (exact) mass is 321 g/mol. The molecule has 3 nitrogen and oxygen atoms in total. The lowest BCUT2D eigenvalue weighted by Crippen LogP contribution is -2.21. The topological polar surface area (TPSA) is 48.4 Å². The standard InChI is InChI=1S/C15H16BrNO2/c16-15-6-5-13(19-15)12(17)9-14-11-4-2-1-3-10(11)7-8-18-14/h1-6,12,14H,7-9,17H2. The molecule has 2 aromatic rings. The molecule has 1 aliphatic heterocycles. The van der Waals surface area contributed by atoms with E-state index in [2.05, 4.69) is 40.2 Å². The summed E-state index contributed by atoms with van der Waals surface area (Å²) in [6.07, 6.45) is 1.77. The van der Waals surface area contributed by atoms with Gasteiger partial charge in [0, 0.05) is 6.42 Å². The molecule has 1 aromatic carbocycles. The molecule has 0 radical (unpaired) electrons. The zero-order valence-corrected chi connectivity index (χ0v) is 12.1. The van der Waals surface area contributed by atoms with Gasteiger partial charge in [0.25, 0.3) is 0 Å². The van der Waals surface area contributed by atoms with Crippen LogP contribution in [0.1, 0.15) is 35.5 Å². The van der Waals surface area contributed by atoms with Crippen LogP contribution in [0.4, 0.5) is 0 Å². The summed E-state index contributed by atoms with van der Waals surface area (Å²) >= 11 is 3.30. The molecular weight excluding hydrogens is 306 g/mol. The molecule has 1 aliphatic rings. The normalized spacial score (nSPS) is 20.0. The minimum absolute atomic E-state index is 0.0591. The molecule has 2 atom stereocenters. The number of fused-ring (bicyclic) bond motifs is 1. The summed E-state index contributed by atoms with van der Waals surface area (Å²) in [6.45, 7) is 0.760. The Balaban J connectivity index is 1.77. The van der Waals surface area contributed by atoms with Gasteiger partial charge in [0.2, 0.25) is 0 Å². The van der Waals surface area contributed by atoms with E-state index in [1.165, 1.54) is 11.1 Å². The van der Waals surface area contributed by atoms with Crippen molar-refractivity contribution in [2.24, 2.45) is 5.73 Å². The molecule has 0 saturated carbocycles. The molecule has 0 bridgehead atoms. The van der Waals surface area contributed by atoms with Crippen LogP contribution in [0, 0.1) is 0 Å². The second kappa shape index (κ2) is 5.49. The van der Waals surface area contributed by atoms with E-state index in [1.54, 1.807) is 0 Å². The summed E-state index contributed by atoms with van der Waals surface area (Å²) in [5.74, 6) is 0.790. The summed E-state index contributed by atoms with van der Waals surface area (Å²) in [4.78, 5) is 0. The van der Waals surface area contributed by atoms with Gasteiger partial charge in [-0.15, -0.1) is 0 Å². The lowest BCUT2D eigenvalue weighted by Gasteiger charge is -2.27. The van der Waals surface area contributed by atoms with Crippen molar-refractivity contribution < 1.29 is 9.15 Å². The zero-order valence-electron chi connectivity index (χ0n) is 10.5. The first kappa shape index (κ1) is 12.9. The van der Waals surface area contributed by atoms with Gasteiger partial charge < -0.3 is 14.9 Å². The Bertz CT molecular complexity index is 567. The van der Waals surface area contributed by atoms with E-state index in [4.69, 9.17) is 14.9 Å². The smallest absolute Gasteiger partial charge is 0.169 e. The first-order valence-corrected chi connectivity index (χ1v) is 7.23. The molecule has 2 heterocycles. The molecular formula is C15H16BrNO2. The average Bonchev–Trinajstić information content (AvgIpc) is 2.86. The summed E-state index contributed by atoms with van der Waals surface area (Å²) in [5, 5.41) is 0. The minimum atomic E-state index is -0.151. The van der Waals surface area contributed by atoms with Crippen molar-refractivity contribution in [2.45, 2.75) is 25.0 Å². The van der Waals surface area contributed by atoms with Crippen LogP contribution < -0.4 is 5.73 Å². The van der Waals surface area contributed by atoms with Gasteiger partial charge in [-0.05, 0) is 45.6 Å². The number of hydrogen-bond donors (Lipinski definition) is 1. The van der Waals surface area contributed by atoms with E-state index >= 15 is 0 Å². The number of hydrogen-bond acceptors (Lipinski definition) is 3. The van der Waals surface area contributed by atoms with Crippen LogP contribution in [0.2, 0.25) is 0 Å². The molecule has 19 heavy (non-hydrogen) atoms. The predicted octanol–water partition coefficient (Wildman–Crippen LogP) is 3.75. The maximum absolute atomic E-state index is 6.20. The van der Waals surface area contributed by atoms with Crippen molar-refractivity contribution in [2.75, 3.05) is 6.61 Å². The summed E-state index contributed by atoms with van der Waals surface area (Å²) in [7, 11) is 0. The Hall–Kier alpha value is -1.10. The molecule has 2 N–H and O–H groups in total. The first-order chi connectivity index (χ1) is 9.24. The molecule has 100 valence electrons. The molecule has 2 unspecified atom stereocenters. The quantitative estimate of drug-likeness (QED) is 0.936. The van der Waals surface area contributed by atoms with Gasteiger partial charge in [0.1, 0.15) is 5.76 Å². The van der Waals surface area contributed by atoms with Gasteiger partial charge in [-0.2, -0.15) is 0 Å².